The zero-order chi connectivity index (χ0) is 23.3. The Balaban J connectivity index is 1.74. The van der Waals surface area contributed by atoms with Gasteiger partial charge >= 0.3 is 0 Å². The van der Waals surface area contributed by atoms with Gasteiger partial charge in [-0.2, -0.15) is 5.10 Å². The van der Waals surface area contributed by atoms with Gasteiger partial charge in [0, 0.05) is 29.2 Å². The van der Waals surface area contributed by atoms with E-state index in [0.29, 0.717) is 16.3 Å². The van der Waals surface area contributed by atoms with Gasteiger partial charge in [-0.15, -0.1) is 0 Å². The first-order valence-corrected chi connectivity index (χ1v) is 10.4. The lowest BCUT2D eigenvalue weighted by atomic mass is 10.1. The number of para-hydroxylation sites is 1. The summed E-state index contributed by atoms with van der Waals surface area (Å²) in [7, 11) is 0. The maximum atomic E-state index is 12.8. The molecular formula is C23H24ClN5O3. The molecule has 4 N–H and O–H groups in total. The molecule has 0 fully saturated rings. The molecule has 0 saturated heterocycles. The van der Waals surface area contributed by atoms with Gasteiger partial charge in [-0.25, -0.2) is 4.68 Å². The minimum absolute atomic E-state index is 0.0381. The molecule has 0 bridgehead atoms. The van der Waals surface area contributed by atoms with Crippen LogP contribution in [0.4, 0.5) is 5.69 Å². The van der Waals surface area contributed by atoms with Gasteiger partial charge in [0.2, 0.25) is 11.8 Å². The lowest BCUT2D eigenvalue weighted by molar-refractivity contribution is -0.118. The van der Waals surface area contributed by atoms with Crippen LogP contribution in [0.15, 0.2) is 48.5 Å². The minimum Gasteiger partial charge on any atom is -0.370 e. The highest BCUT2D eigenvalue weighted by atomic mass is 35.5. The van der Waals surface area contributed by atoms with E-state index >= 15 is 0 Å². The average molecular weight is 454 g/mol. The Labute approximate surface area is 190 Å². The van der Waals surface area contributed by atoms with Gasteiger partial charge in [-0.05, 0) is 50.2 Å². The van der Waals surface area contributed by atoms with Crippen molar-refractivity contribution in [1.29, 1.82) is 0 Å². The normalized spacial score (nSPS) is 10.6. The molecule has 32 heavy (non-hydrogen) atoms. The molecule has 0 atom stereocenters. The van der Waals surface area contributed by atoms with Crippen LogP contribution in [-0.2, 0) is 16.0 Å². The van der Waals surface area contributed by atoms with Gasteiger partial charge in [0.05, 0.1) is 29.1 Å². The van der Waals surface area contributed by atoms with Crippen molar-refractivity contribution in [2.75, 3.05) is 11.9 Å². The van der Waals surface area contributed by atoms with Crippen molar-refractivity contribution in [2.45, 2.75) is 26.7 Å². The van der Waals surface area contributed by atoms with E-state index in [2.05, 4.69) is 15.7 Å². The fourth-order valence-corrected chi connectivity index (χ4v) is 3.43. The number of amides is 3. The van der Waals surface area contributed by atoms with E-state index in [0.717, 1.165) is 22.6 Å². The Morgan fingerprint density at radius 2 is 1.75 bits per heavy atom. The number of primary amides is 1. The maximum Gasteiger partial charge on any atom is 0.253 e. The monoisotopic (exact) mass is 453 g/mol. The molecule has 9 heteroatoms. The summed E-state index contributed by atoms with van der Waals surface area (Å²) in [6, 6.07) is 14.0. The zero-order valence-corrected chi connectivity index (χ0v) is 18.6. The van der Waals surface area contributed by atoms with Crippen LogP contribution in [-0.4, -0.2) is 34.0 Å². The smallest absolute Gasteiger partial charge is 0.253 e. The molecule has 8 nitrogen and oxygen atoms in total. The molecule has 2 aromatic carbocycles. The second-order valence-corrected chi connectivity index (χ2v) is 7.72. The van der Waals surface area contributed by atoms with Crippen LogP contribution in [0.1, 0.15) is 33.7 Å². The third-order valence-corrected chi connectivity index (χ3v) is 5.20. The molecule has 0 aliphatic carbocycles. The largest absolute Gasteiger partial charge is 0.370 e. The summed E-state index contributed by atoms with van der Waals surface area (Å²) in [4.78, 5) is 36.1. The highest BCUT2D eigenvalue weighted by Gasteiger charge is 2.18. The number of aromatic nitrogens is 2. The molecule has 3 rings (SSSR count). The lowest BCUT2D eigenvalue weighted by Crippen LogP contribution is -2.29. The second kappa shape index (κ2) is 10.1. The minimum atomic E-state index is -0.503. The van der Waals surface area contributed by atoms with Gasteiger partial charge in [-0.3, -0.25) is 14.4 Å². The Bertz CT molecular complexity index is 1150. The lowest BCUT2D eigenvalue weighted by Gasteiger charge is -2.11. The average Bonchev–Trinajstić information content (AvgIpc) is 3.02. The molecule has 166 valence electrons. The highest BCUT2D eigenvalue weighted by Crippen LogP contribution is 2.21. The molecule has 3 aromatic rings. The first-order valence-electron chi connectivity index (χ1n) is 10.0. The number of benzene rings is 2. The summed E-state index contributed by atoms with van der Waals surface area (Å²) in [6.07, 6.45) is 0.138. The molecule has 0 saturated carbocycles. The Hall–Kier alpha value is -3.65. The van der Waals surface area contributed by atoms with Crippen LogP contribution < -0.4 is 16.4 Å². The number of nitrogens with two attached hydrogens (primary N) is 1. The van der Waals surface area contributed by atoms with Gasteiger partial charge < -0.3 is 16.4 Å². The summed E-state index contributed by atoms with van der Waals surface area (Å²) < 4.78 is 1.77. The zero-order valence-electron chi connectivity index (χ0n) is 17.8. The number of aryl methyl sites for hydroxylation is 1. The predicted molar refractivity (Wildman–Crippen MR) is 123 cm³/mol. The van der Waals surface area contributed by atoms with Crippen LogP contribution in [0, 0.1) is 13.8 Å². The molecule has 0 unspecified atom stereocenters. The van der Waals surface area contributed by atoms with Crippen LogP contribution in [0.5, 0.6) is 0 Å². The number of rotatable bonds is 8. The van der Waals surface area contributed by atoms with Crippen LogP contribution >= 0.6 is 11.6 Å². The molecule has 3 amide bonds. The van der Waals surface area contributed by atoms with Gasteiger partial charge in [0.1, 0.15) is 0 Å². The maximum absolute atomic E-state index is 12.8. The van der Waals surface area contributed by atoms with E-state index in [-0.39, 0.29) is 25.3 Å². The van der Waals surface area contributed by atoms with Crippen LogP contribution in [0.3, 0.4) is 0 Å². The summed E-state index contributed by atoms with van der Waals surface area (Å²) >= 11 is 5.97. The molecule has 0 radical (unpaired) electrons. The van der Waals surface area contributed by atoms with Crippen molar-refractivity contribution in [3.63, 3.8) is 0 Å². The summed E-state index contributed by atoms with van der Waals surface area (Å²) in [5.74, 6) is -1.17. The first kappa shape index (κ1) is 23.0. The van der Waals surface area contributed by atoms with E-state index in [1.54, 1.807) is 41.1 Å². The fraction of sp³-hybridized carbons (Fsp3) is 0.217. The van der Waals surface area contributed by atoms with Crippen molar-refractivity contribution in [3.05, 3.63) is 76.1 Å². The molecule has 0 spiro atoms. The third kappa shape index (κ3) is 5.53. The molecule has 0 aliphatic rings. The Kier molecular flexibility index (Phi) is 7.27. The third-order valence-electron chi connectivity index (χ3n) is 4.95. The number of hydrogen-bond acceptors (Lipinski definition) is 4. The van der Waals surface area contributed by atoms with Crippen molar-refractivity contribution in [3.8, 4) is 5.69 Å². The predicted octanol–water partition coefficient (Wildman–Crippen LogP) is 2.93. The highest BCUT2D eigenvalue weighted by molar-refractivity contribution is 6.30. The van der Waals surface area contributed by atoms with Gasteiger partial charge in [0.25, 0.3) is 5.91 Å². The van der Waals surface area contributed by atoms with E-state index < -0.39 is 11.8 Å². The molecule has 1 heterocycles. The molecule has 1 aromatic heterocycles. The van der Waals surface area contributed by atoms with Crippen LogP contribution in [0.2, 0.25) is 5.02 Å². The SMILES string of the molecule is Cc1nn(-c2ccc(Cl)cc2)c(C)c1CC(=O)Nc1ccccc1C(=O)NCCC(N)=O. The number of carbonyl (C=O) groups is 3. The van der Waals surface area contributed by atoms with Crippen molar-refractivity contribution in [2.24, 2.45) is 5.73 Å². The quantitative estimate of drug-likeness (QED) is 0.485. The number of anilines is 1. The van der Waals surface area contributed by atoms with Crippen molar-refractivity contribution < 1.29 is 14.4 Å². The van der Waals surface area contributed by atoms with E-state index in [9.17, 15) is 14.4 Å². The molecule has 0 aliphatic heterocycles. The number of nitrogens with zero attached hydrogens (tertiary/aromatic N) is 2. The van der Waals surface area contributed by atoms with E-state index in [1.165, 1.54) is 0 Å². The van der Waals surface area contributed by atoms with E-state index in [1.807, 2.05) is 26.0 Å². The second-order valence-electron chi connectivity index (χ2n) is 7.28. The van der Waals surface area contributed by atoms with Gasteiger partial charge in [-0.1, -0.05) is 23.7 Å². The Morgan fingerprint density at radius 3 is 2.44 bits per heavy atom. The summed E-state index contributed by atoms with van der Waals surface area (Å²) in [5.41, 5.74) is 9.02. The fourth-order valence-electron chi connectivity index (χ4n) is 3.30. The van der Waals surface area contributed by atoms with Crippen LogP contribution in [0.25, 0.3) is 5.69 Å². The topological polar surface area (TPSA) is 119 Å². The first-order chi connectivity index (χ1) is 15.3. The van der Waals surface area contributed by atoms with Crippen molar-refractivity contribution >= 4 is 35.0 Å². The number of nitrogens with one attached hydrogen (secondary N) is 2. The number of carbonyl (C=O) groups excluding carboxylic acids is 3. The standard InChI is InChI=1S/C23H24ClN5O3/c1-14-19(15(2)29(28-14)17-9-7-16(24)8-10-17)13-22(31)27-20-6-4-3-5-18(20)23(32)26-12-11-21(25)30/h3-10H,11-13H2,1-2H3,(H2,25,30)(H,26,32)(H,27,31). The van der Waals surface area contributed by atoms with E-state index in [4.69, 9.17) is 17.3 Å². The molecular weight excluding hydrogens is 430 g/mol. The summed E-state index contributed by atoms with van der Waals surface area (Å²) in [6.45, 7) is 3.87. The van der Waals surface area contributed by atoms with Gasteiger partial charge in [0.15, 0.2) is 0 Å². The van der Waals surface area contributed by atoms with Crippen molar-refractivity contribution in [1.82, 2.24) is 15.1 Å². The number of halogens is 1. The Morgan fingerprint density at radius 1 is 1.06 bits per heavy atom. The summed E-state index contributed by atoms with van der Waals surface area (Å²) in [5, 5.41) is 10.6. The number of hydrogen-bond donors (Lipinski definition) is 3.